The number of fused-ring (bicyclic) bond motifs is 1. The number of aryl methyl sites for hydroxylation is 1. The van der Waals surface area contributed by atoms with Crippen molar-refractivity contribution < 1.29 is 28.7 Å². The van der Waals surface area contributed by atoms with E-state index >= 15 is 0 Å². The quantitative estimate of drug-likeness (QED) is 0.459. The highest BCUT2D eigenvalue weighted by molar-refractivity contribution is 5.89. The Kier molecular flexibility index (Phi) is 5.04. The van der Waals surface area contributed by atoms with E-state index in [1.165, 1.54) is 19.2 Å². The molecule has 0 aliphatic carbocycles. The van der Waals surface area contributed by atoms with Crippen LogP contribution in [0, 0.1) is 17.0 Å². The smallest absolute Gasteiger partial charge is 0.337 e. The number of non-ortho nitro benzene ring substituents is 1. The van der Waals surface area contributed by atoms with Crippen molar-refractivity contribution in [3.8, 4) is 11.5 Å². The lowest BCUT2D eigenvalue weighted by molar-refractivity contribution is -0.385. The second kappa shape index (κ2) is 7.40. The van der Waals surface area contributed by atoms with Gasteiger partial charge in [-0.25, -0.2) is 4.79 Å². The predicted octanol–water partition coefficient (Wildman–Crippen LogP) is 3.14. The highest BCUT2D eigenvalue weighted by atomic mass is 16.7. The van der Waals surface area contributed by atoms with Crippen LogP contribution in [0.5, 0.6) is 11.5 Å². The number of esters is 1. The highest BCUT2D eigenvalue weighted by Gasteiger charge is 2.21. The fourth-order valence-corrected chi connectivity index (χ4v) is 2.65. The summed E-state index contributed by atoms with van der Waals surface area (Å²) in [5.41, 5.74) is 2.26. The Balaban J connectivity index is 1.89. The van der Waals surface area contributed by atoms with E-state index in [4.69, 9.17) is 18.9 Å². The number of carbonyl (C=O) groups is 1. The molecule has 0 bridgehead atoms. The first-order valence-corrected chi connectivity index (χ1v) is 7.82. The van der Waals surface area contributed by atoms with Gasteiger partial charge >= 0.3 is 5.97 Å². The number of rotatable bonds is 5. The van der Waals surface area contributed by atoms with Crippen molar-refractivity contribution in [3.63, 3.8) is 0 Å². The zero-order valence-corrected chi connectivity index (χ0v) is 14.3. The molecule has 3 rings (SSSR count). The van der Waals surface area contributed by atoms with Crippen LogP contribution in [0.15, 0.2) is 30.3 Å². The molecule has 0 unspecified atom stereocenters. The first-order chi connectivity index (χ1) is 12.5. The number of ether oxygens (including phenoxy) is 4. The average Bonchev–Trinajstić information content (AvgIpc) is 2.66. The summed E-state index contributed by atoms with van der Waals surface area (Å²) in [4.78, 5) is 22.4. The molecule has 0 fully saturated rings. The van der Waals surface area contributed by atoms with Crippen LogP contribution in [0.1, 0.15) is 27.0 Å². The van der Waals surface area contributed by atoms with Gasteiger partial charge in [0.2, 0.25) is 0 Å². The molecule has 0 atom stereocenters. The maximum atomic E-state index is 11.7. The van der Waals surface area contributed by atoms with Gasteiger partial charge in [-0.2, -0.15) is 0 Å². The molecule has 8 heteroatoms. The third kappa shape index (κ3) is 3.60. The molecule has 8 nitrogen and oxygen atoms in total. The number of methoxy groups -OCH3 is 1. The van der Waals surface area contributed by atoms with E-state index in [9.17, 15) is 14.9 Å². The van der Waals surface area contributed by atoms with Crippen molar-refractivity contribution in [1.29, 1.82) is 0 Å². The molecular weight excluding hydrogens is 342 g/mol. The number of nitrogens with zero attached hydrogens (tertiary/aromatic N) is 1. The van der Waals surface area contributed by atoms with Gasteiger partial charge in [0.05, 0.1) is 24.2 Å². The van der Waals surface area contributed by atoms with Crippen LogP contribution in [0.4, 0.5) is 5.69 Å². The number of hydrogen-bond acceptors (Lipinski definition) is 7. The zero-order chi connectivity index (χ0) is 18.7. The van der Waals surface area contributed by atoms with Crippen LogP contribution in [0.25, 0.3) is 0 Å². The lowest BCUT2D eigenvalue weighted by Crippen LogP contribution is -2.14. The molecule has 0 N–H and O–H groups in total. The van der Waals surface area contributed by atoms with Crippen LogP contribution in [-0.2, 0) is 22.7 Å². The fraction of sp³-hybridized carbons (Fsp3) is 0.278. The van der Waals surface area contributed by atoms with Gasteiger partial charge in [0.1, 0.15) is 18.1 Å². The molecule has 0 saturated carbocycles. The normalized spacial score (nSPS) is 12.7. The Labute approximate surface area is 149 Å². The fourth-order valence-electron chi connectivity index (χ4n) is 2.65. The van der Waals surface area contributed by atoms with E-state index in [0.717, 1.165) is 5.56 Å². The third-order valence-corrected chi connectivity index (χ3v) is 3.97. The Morgan fingerprint density at radius 1 is 1.31 bits per heavy atom. The Morgan fingerprint density at radius 2 is 2.12 bits per heavy atom. The summed E-state index contributed by atoms with van der Waals surface area (Å²) >= 11 is 0. The molecule has 0 spiro atoms. The standard InChI is InChI=1S/C18H17NO7/c1-11-3-4-12(18(20)23-2)7-16(11)25-9-14-6-15(19(21)22)5-13-8-24-10-26-17(13)14/h3-7H,8-10H2,1-2H3. The SMILES string of the molecule is COC(=O)c1ccc(C)c(OCc2cc([N+](=O)[O-])cc3c2OCOC3)c1. The number of benzene rings is 2. The van der Waals surface area contributed by atoms with Crippen molar-refractivity contribution in [2.45, 2.75) is 20.1 Å². The minimum Gasteiger partial charge on any atom is -0.488 e. The van der Waals surface area contributed by atoms with E-state index < -0.39 is 10.9 Å². The van der Waals surface area contributed by atoms with Gasteiger partial charge < -0.3 is 18.9 Å². The molecule has 1 heterocycles. The first kappa shape index (κ1) is 17.7. The number of nitro benzene ring substituents is 1. The largest absolute Gasteiger partial charge is 0.488 e. The summed E-state index contributed by atoms with van der Waals surface area (Å²) in [6, 6.07) is 7.82. The van der Waals surface area contributed by atoms with Crippen molar-refractivity contribution in [2.24, 2.45) is 0 Å². The second-order valence-electron chi connectivity index (χ2n) is 5.72. The lowest BCUT2D eigenvalue weighted by atomic mass is 10.1. The van der Waals surface area contributed by atoms with E-state index in [0.29, 0.717) is 28.2 Å². The number of nitro groups is 1. The van der Waals surface area contributed by atoms with E-state index in [-0.39, 0.29) is 25.7 Å². The Morgan fingerprint density at radius 3 is 2.85 bits per heavy atom. The molecule has 136 valence electrons. The van der Waals surface area contributed by atoms with Crippen molar-refractivity contribution in [2.75, 3.05) is 13.9 Å². The molecule has 0 radical (unpaired) electrons. The first-order valence-electron chi connectivity index (χ1n) is 7.82. The van der Waals surface area contributed by atoms with Crippen molar-refractivity contribution >= 4 is 11.7 Å². The molecule has 26 heavy (non-hydrogen) atoms. The minimum atomic E-state index is -0.471. The van der Waals surface area contributed by atoms with Gasteiger partial charge in [-0.3, -0.25) is 10.1 Å². The minimum absolute atomic E-state index is 0.0511. The van der Waals surface area contributed by atoms with Gasteiger partial charge in [-0.1, -0.05) is 6.07 Å². The molecule has 2 aromatic rings. The Hall–Kier alpha value is -3.13. The highest BCUT2D eigenvalue weighted by Crippen LogP contribution is 2.33. The summed E-state index contributed by atoms with van der Waals surface area (Å²) in [5.74, 6) is 0.548. The summed E-state index contributed by atoms with van der Waals surface area (Å²) in [6.07, 6.45) is 0. The zero-order valence-electron chi connectivity index (χ0n) is 14.3. The molecule has 1 aliphatic heterocycles. The predicted molar refractivity (Wildman–Crippen MR) is 90.2 cm³/mol. The maximum absolute atomic E-state index is 11.7. The van der Waals surface area contributed by atoms with Crippen molar-refractivity contribution in [1.82, 2.24) is 0 Å². The van der Waals surface area contributed by atoms with Gasteiger partial charge in [-0.15, -0.1) is 0 Å². The van der Waals surface area contributed by atoms with E-state index in [1.807, 2.05) is 6.92 Å². The second-order valence-corrected chi connectivity index (χ2v) is 5.72. The van der Waals surface area contributed by atoms with Gasteiger partial charge in [0, 0.05) is 23.3 Å². The third-order valence-electron chi connectivity index (χ3n) is 3.97. The molecule has 0 saturated heterocycles. The lowest BCUT2D eigenvalue weighted by Gasteiger charge is -2.21. The summed E-state index contributed by atoms with van der Waals surface area (Å²) < 4.78 is 21.2. The van der Waals surface area contributed by atoms with Crippen LogP contribution in [0.2, 0.25) is 0 Å². The van der Waals surface area contributed by atoms with Crippen LogP contribution in [-0.4, -0.2) is 24.8 Å². The van der Waals surface area contributed by atoms with Gasteiger partial charge in [-0.05, 0) is 24.6 Å². The summed E-state index contributed by atoms with van der Waals surface area (Å²) in [7, 11) is 1.30. The summed E-state index contributed by atoms with van der Waals surface area (Å²) in [6.45, 7) is 2.20. The topological polar surface area (TPSA) is 97.1 Å². The Bertz CT molecular complexity index is 863. The molecule has 0 aromatic heterocycles. The van der Waals surface area contributed by atoms with Gasteiger partial charge in [0.25, 0.3) is 5.69 Å². The molecule has 1 aliphatic rings. The number of carbonyl (C=O) groups excluding carboxylic acids is 1. The maximum Gasteiger partial charge on any atom is 0.337 e. The van der Waals surface area contributed by atoms with Crippen LogP contribution >= 0.6 is 0 Å². The molecular formula is C18H17NO7. The average molecular weight is 359 g/mol. The van der Waals surface area contributed by atoms with Gasteiger partial charge in [0.15, 0.2) is 6.79 Å². The summed E-state index contributed by atoms with van der Waals surface area (Å²) in [5, 5.41) is 11.2. The molecule has 0 amide bonds. The number of hydrogen-bond donors (Lipinski definition) is 0. The van der Waals surface area contributed by atoms with Crippen LogP contribution in [0.3, 0.4) is 0 Å². The van der Waals surface area contributed by atoms with Crippen molar-refractivity contribution in [3.05, 3.63) is 62.7 Å². The van der Waals surface area contributed by atoms with E-state index in [1.54, 1.807) is 18.2 Å². The monoisotopic (exact) mass is 359 g/mol. The van der Waals surface area contributed by atoms with E-state index in [2.05, 4.69) is 0 Å². The van der Waals surface area contributed by atoms with Crippen LogP contribution < -0.4 is 9.47 Å². The molecule has 2 aromatic carbocycles.